The van der Waals surface area contributed by atoms with Gasteiger partial charge in [-0.15, -0.1) is 0 Å². The molecule has 35 heavy (non-hydrogen) atoms. The van der Waals surface area contributed by atoms with Crippen molar-refractivity contribution in [3.05, 3.63) is 65.9 Å². The summed E-state index contributed by atoms with van der Waals surface area (Å²) in [5, 5.41) is 6.08. The lowest BCUT2D eigenvalue weighted by molar-refractivity contribution is 0.543. The molecule has 0 fully saturated rings. The molecule has 4 N–H and O–H groups in total. The first-order valence-corrected chi connectivity index (χ1v) is 13.5. The lowest BCUT2D eigenvalue weighted by Crippen LogP contribution is -2.27. The number of hydrogen-bond donors (Lipinski definition) is 4. The van der Waals surface area contributed by atoms with Crippen LogP contribution in [-0.4, -0.2) is 46.4 Å². The highest BCUT2D eigenvalue weighted by Gasteiger charge is 2.20. The molecule has 186 valence electrons. The van der Waals surface area contributed by atoms with Gasteiger partial charge in [-0.1, -0.05) is 6.07 Å². The van der Waals surface area contributed by atoms with Crippen LogP contribution in [0.25, 0.3) is 0 Å². The molecule has 0 unspecified atom stereocenters. The Morgan fingerprint density at radius 2 is 1.91 bits per heavy atom. The number of sulfonamides is 2. The molecule has 0 radical (unpaired) electrons. The largest absolute Gasteiger partial charge is 0.370 e. The summed E-state index contributed by atoms with van der Waals surface area (Å²) in [6, 6.07) is 8.45. The van der Waals surface area contributed by atoms with Gasteiger partial charge in [-0.25, -0.2) is 40.0 Å². The summed E-state index contributed by atoms with van der Waals surface area (Å²) in [6.45, 7) is 0.491. The number of nitrogens with one attached hydrogen (secondary N) is 4. The third-order valence-corrected chi connectivity index (χ3v) is 8.03. The van der Waals surface area contributed by atoms with E-state index in [-0.39, 0.29) is 30.4 Å². The zero-order chi connectivity index (χ0) is 25.1. The van der Waals surface area contributed by atoms with Crippen LogP contribution in [0.2, 0.25) is 0 Å². The van der Waals surface area contributed by atoms with Gasteiger partial charge in [0.15, 0.2) is 0 Å². The van der Waals surface area contributed by atoms with E-state index in [0.29, 0.717) is 36.1 Å². The monoisotopic (exact) mass is 524 g/mol. The summed E-state index contributed by atoms with van der Waals surface area (Å²) in [5.41, 5.74) is 1.06. The summed E-state index contributed by atoms with van der Waals surface area (Å²) in [5.74, 6) is -1.41. The van der Waals surface area contributed by atoms with Gasteiger partial charge in [0.2, 0.25) is 26.0 Å². The predicted octanol–water partition coefficient (Wildman–Crippen LogP) is 2.11. The molecule has 10 nitrogen and oxygen atoms in total. The Balaban J connectivity index is 1.52. The highest BCUT2D eigenvalue weighted by Crippen LogP contribution is 2.22. The third-order valence-electron chi connectivity index (χ3n) is 5.07. The van der Waals surface area contributed by atoms with Crippen LogP contribution >= 0.6 is 0 Å². The number of benzene rings is 2. The lowest BCUT2D eigenvalue weighted by Gasteiger charge is -2.13. The fraction of sp³-hybridized carbons (Fsp3) is 0.238. The van der Waals surface area contributed by atoms with Crippen molar-refractivity contribution in [1.29, 1.82) is 0 Å². The number of halogens is 2. The molecule has 1 aliphatic heterocycles. The van der Waals surface area contributed by atoms with Crippen LogP contribution in [0, 0.1) is 11.6 Å². The summed E-state index contributed by atoms with van der Waals surface area (Å²) >= 11 is 0. The third kappa shape index (κ3) is 6.08. The fourth-order valence-corrected chi connectivity index (χ4v) is 5.56. The van der Waals surface area contributed by atoms with Crippen LogP contribution in [0.3, 0.4) is 0 Å². The topological polar surface area (TPSA) is 142 Å². The summed E-state index contributed by atoms with van der Waals surface area (Å²) in [6.07, 6.45) is 2.15. The zero-order valence-electron chi connectivity index (χ0n) is 18.3. The molecule has 0 aliphatic carbocycles. The number of fused-ring (bicyclic) bond motifs is 4. The average molecular weight is 525 g/mol. The van der Waals surface area contributed by atoms with Gasteiger partial charge in [0, 0.05) is 43.1 Å². The number of aromatic nitrogens is 2. The highest BCUT2D eigenvalue weighted by molar-refractivity contribution is 7.89. The molecule has 3 aromatic rings. The number of nitrogens with zero attached hydrogens (tertiary/aromatic N) is 2. The van der Waals surface area contributed by atoms with Crippen molar-refractivity contribution in [2.75, 3.05) is 30.3 Å². The van der Waals surface area contributed by atoms with Crippen LogP contribution in [-0.2, 0) is 26.5 Å². The maximum atomic E-state index is 13.9. The van der Waals surface area contributed by atoms with E-state index in [9.17, 15) is 25.6 Å². The van der Waals surface area contributed by atoms with Gasteiger partial charge in [0.05, 0.1) is 4.90 Å². The van der Waals surface area contributed by atoms with Crippen molar-refractivity contribution in [2.24, 2.45) is 0 Å². The number of anilines is 3. The van der Waals surface area contributed by atoms with E-state index in [2.05, 4.69) is 30.0 Å². The van der Waals surface area contributed by atoms with E-state index in [1.165, 1.54) is 18.3 Å². The minimum absolute atomic E-state index is 0.0915. The highest BCUT2D eigenvalue weighted by atomic mass is 32.2. The molecular formula is C21H22F2N6O4S2. The molecule has 4 rings (SSSR count). The second-order valence-corrected chi connectivity index (χ2v) is 11.1. The van der Waals surface area contributed by atoms with Crippen LogP contribution in [0.5, 0.6) is 0 Å². The molecule has 0 spiro atoms. The zero-order valence-corrected chi connectivity index (χ0v) is 19.9. The maximum absolute atomic E-state index is 13.9. The van der Waals surface area contributed by atoms with E-state index < -0.39 is 36.6 Å². The molecule has 1 aromatic heterocycles. The molecule has 2 heterocycles. The van der Waals surface area contributed by atoms with E-state index in [4.69, 9.17) is 0 Å². The van der Waals surface area contributed by atoms with Gasteiger partial charge in [0.1, 0.15) is 22.3 Å². The molecule has 2 aromatic carbocycles. The van der Waals surface area contributed by atoms with E-state index in [1.54, 1.807) is 12.1 Å². The Hall–Kier alpha value is -3.20. The summed E-state index contributed by atoms with van der Waals surface area (Å²) in [4.78, 5) is 8.14. The molecule has 0 atom stereocenters. The predicted molar refractivity (Wildman–Crippen MR) is 125 cm³/mol. The van der Waals surface area contributed by atoms with Crippen LogP contribution in [0.15, 0.2) is 58.5 Å². The van der Waals surface area contributed by atoms with Crippen LogP contribution < -0.4 is 20.1 Å². The molecule has 0 amide bonds. The normalized spacial score (nSPS) is 15.6. The lowest BCUT2D eigenvalue weighted by atomic mass is 10.2. The first-order valence-electron chi connectivity index (χ1n) is 10.6. The molecule has 14 heteroatoms. The summed E-state index contributed by atoms with van der Waals surface area (Å²) < 4.78 is 81.6. The van der Waals surface area contributed by atoms with Crippen molar-refractivity contribution < 1.29 is 25.6 Å². The maximum Gasteiger partial charge on any atom is 0.243 e. The van der Waals surface area contributed by atoms with Crippen LogP contribution in [0.1, 0.15) is 12.0 Å². The Morgan fingerprint density at radius 1 is 1.09 bits per heavy atom. The van der Waals surface area contributed by atoms with Crippen molar-refractivity contribution in [3.63, 3.8) is 0 Å². The second-order valence-electron chi connectivity index (χ2n) is 7.62. The first kappa shape index (κ1) is 24.9. The molecule has 1 aliphatic rings. The van der Waals surface area contributed by atoms with Crippen molar-refractivity contribution >= 4 is 37.5 Å². The van der Waals surface area contributed by atoms with Gasteiger partial charge in [0.25, 0.3) is 0 Å². The second kappa shape index (κ2) is 10.2. The molecule has 4 bridgehead atoms. The Morgan fingerprint density at radius 3 is 2.71 bits per heavy atom. The minimum Gasteiger partial charge on any atom is -0.370 e. The van der Waals surface area contributed by atoms with Gasteiger partial charge in [-0.05, 0) is 43.2 Å². The smallest absolute Gasteiger partial charge is 0.243 e. The van der Waals surface area contributed by atoms with Gasteiger partial charge < -0.3 is 10.6 Å². The van der Waals surface area contributed by atoms with E-state index in [1.807, 2.05) is 0 Å². The Kier molecular flexibility index (Phi) is 7.25. The Labute approximate surface area is 201 Å². The van der Waals surface area contributed by atoms with Crippen LogP contribution in [0.4, 0.5) is 26.2 Å². The fourth-order valence-electron chi connectivity index (χ4n) is 3.35. The molecule has 0 saturated heterocycles. The molecule has 0 saturated carbocycles. The van der Waals surface area contributed by atoms with Gasteiger partial charge in [-0.3, -0.25) is 0 Å². The van der Waals surface area contributed by atoms with E-state index in [0.717, 1.165) is 12.1 Å². The first-order chi connectivity index (χ1) is 16.6. The SMILES string of the molecule is O=S1(=O)NCCCNc2nc(ncc2CCNS(=O)(=O)c2ccc(F)cc2F)Nc2cccc1c2. The standard InChI is InChI=1S/C21H22F2N6O4S2/c22-15-5-6-19(18(23)11-15)35(32,33)27-10-7-14-13-25-21-28-16-3-1-4-17(12-16)34(30,31)26-9-2-8-24-20(14)29-21/h1,3-6,11-13,26-27H,2,7-10H2,(H2,24,25,28,29). The van der Waals surface area contributed by atoms with Gasteiger partial charge in [-0.2, -0.15) is 4.98 Å². The van der Waals surface area contributed by atoms with E-state index >= 15 is 0 Å². The minimum atomic E-state index is -4.20. The average Bonchev–Trinajstić information content (AvgIpc) is 2.80. The molecular weight excluding hydrogens is 502 g/mol. The van der Waals surface area contributed by atoms with Crippen molar-refractivity contribution in [2.45, 2.75) is 22.6 Å². The quantitative estimate of drug-likeness (QED) is 0.398. The number of rotatable bonds is 5. The van der Waals surface area contributed by atoms with Gasteiger partial charge >= 0.3 is 0 Å². The Bertz CT molecular complexity index is 1450. The van der Waals surface area contributed by atoms with Crippen molar-refractivity contribution in [3.8, 4) is 0 Å². The van der Waals surface area contributed by atoms with Crippen molar-refractivity contribution in [1.82, 2.24) is 19.4 Å². The number of hydrogen-bond acceptors (Lipinski definition) is 8. The summed E-state index contributed by atoms with van der Waals surface area (Å²) in [7, 11) is -7.87.